The summed E-state index contributed by atoms with van der Waals surface area (Å²) in [6.07, 6.45) is 3.59. The van der Waals surface area contributed by atoms with Gasteiger partial charge in [-0.3, -0.25) is 9.59 Å². The maximum Gasteiger partial charge on any atom is 0.231 e. The van der Waals surface area contributed by atoms with Gasteiger partial charge in [-0.2, -0.15) is 0 Å². The second-order valence-electron chi connectivity index (χ2n) is 7.27. The molecule has 6 heteroatoms. The Labute approximate surface area is 157 Å². The summed E-state index contributed by atoms with van der Waals surface area (Å²) in [4.78, 5) is 26.9. The Hall–Kier alpha value is -3.02. The van der Waals surface area contributed by atoms with E-state index in [0.717, 1.165) is 18.5 Å². The molecule has 1 N–H and O–H groups in total. The van der Waals surface area contributed by atoms with Gasteiger partial charge >= 0.3 is 0 Å². The fourth-order valence-electron chi connectivity index (χ4n) is 4.08. The van der Waals surface area contributed by atoms with Gasteiger partial charge < -0.3 is 19.7 Å². The summed E-state index contributed by atoms with van der Waals surface area (Å²) in [5.41, 5.74) is 4.25. The number of ether oxygens (including phenoxy) is 2. The van der Waals surface area contributed by atoms with E-state index < -0.39 is 0 Å². The lowest BCUT2D eigenvalue weighted by molar-refractivity contribution is -0.122. The molecule has 1 fully saturated rings. The fourth-order valence-corrected chi connectivity index (χ4v) is 4.08. The number of carbonyl (C=O) groups is 2. The van der Waals surface area contributed by atoms with E-state index in [9.17, 15) is 9.59 Å². The second-order valence-corrected chi connectivity index (χ2v) is 7.27. The molecule has 0 aromatic heterocycles. The molecule has 3 aliphatic rings. The molecule has 1 saturated heterocycles. The Kier molecular flexibility index (Phi) is 3.77. The molecular formula is C21H20N2O4. The lowest BCUT2D eigenvalue weighted by Gasteiger charge is -2.18. The predicted molar refractivity (Wildman–Crippen MR) is 100 cm³/mol. The van der Waals surface area contributed by atoms with Gasteiger partial charge in [0.05, 0.1) is 5.92 Å². The van der Waals surface area contributed by atoms with Gasteiger partial charge in [0.2, 0.25) is 18.6 Å². The lowest BCUT2D eigenvalue weighted by Crippen LogP contribution is -2.28. The molecule has 2 aliphatic heterocycles. The summed E-state index contributed by atoms with van der Waals surface area (Å²) in [6, 6.07) is 11.5. The number of amides is 2. The van der Waals surface area contributed by atoms with Crippen LogP contribution < -0.4 is 19.7 Å². The summed E-state index contributed by atoms with van der Waals surface area (Å²) < 4.78 is 10.6. The summed E-state index contributed by atoms with van der Waals surface area (Å²) in [5.74, 6) is 0.780. The Morgan fingerprint density at radius 3 is 2.81 bits per heavy atom. The highest BCUT2D eigenvalue weighted by Gasteiger charge is 2.35. The zero-order valence-corrected chi connectivity index (χ0v) is 14.9. The standard InChI is InChI=1S/C21H20N2O4/c24-20-9-15(11-23(20)17-6-4-13-2-1-3-14(13)8-17)21(25)22-16-5-7-18-19(10-16)27-12-26-18/h4-8,10,15H,1-3,9,11-12H2,(H,22,25)/t15-/m0/s1. The van der Waals surface area contributed by atoms with Crippen molar-refractivity contribution in [1.29, 1.82) is 0 Å². The second kappa shape index (κ2) is 6.30. The monoisotopic (exact) mass is 364 g/mol. The minimum atomic E-state index is -0.365. The van der Waals surface area contributed by atoms with Crippen LogP contribution in [-0.2, 0) is 22.4 Å². The third-order valence-corrected chi connectivity index (χ3v) is 5.53. The van der Waals surface area contributed by atoms with E-state index in [2.05, 4.69) is 17.4 Å². The zero-order chi connectivity index (χ0) is 18.4. The van der Waals surface area contributed by atoms with E-state index in [-0.39, 0.29) is 30.9 Å². The van der Waals surface area contributed by atoms with Crippen molar-refractivity contribution < 1.29 is 19.1 Å². The largest absolute Gasteiger partial charge is 0.454 e. The van der Waals surface area contributed by atoms with Crippen LogP contribution in [0.5, 0.6) is 11.5 Å². The highest BCUT2D eigenvalue weighted by atomic mass is 16.7. The van der Waals surface area contributed by atoms with Gasteiger partial charge in [0, 0.05) is 30.4 Å². The minimum Gasteiger partial charge on any atom is -0.454 e. The van der Waals surface area contributed by atoms with Crippen LogP contribution in [0.15, 0.2) is 36.4 Å². The SMILES string of the molecule is O=C(Nc1ccc2c(c1)OCO2)[C@H]1CC(=O)N(c2ccc3c(c2)CCC3)C1. The van der Waals surface area contributed by atoms with Crippen LogP contribution in [-0.4, -0.2) is 25.2 Å². The molecule has 0 saturated carbocycles. The van der Waals surface area contributed by atoms with Gasteiger partial charge in [0.15, 0.2) is 11.5 Å². The van der Waals surface area contributed by atoms with Gasteiger partial charge in [0.1, 0.15) is 0 Å². The van der Waals surface area contributed by atoms with E-state index in [1.165, 1.54) is 17.5 Å². The van der Waals surface area contributed by atoms with E-state index >= 15 is 0 Å². The third-order valence-electron chi connectivity index (χ3n) is 5.53. The van der Waals surface area contributed by atoms with Crippen molar-refractivity contribution in [3.63, 3.8) is 0 Å². The van der Waals surface area contributed by atoms with E-state index in [4.69, 9.17) is 9.47 Å². The number of hydrogen-bond acceptors (Lipinski definition) is 4. The summed E-state index contributed by atoms with van der Waals surface area (Å²) in [7, 11) is 0. The molecule has 1 aliphatic carbocycles. The first-order chi connectivity index (χ1) is 13.2. The molecule has 138 valence electrons. The first-order valence-electron chi connectivity index (χ1n) is 9.30. The average Bonchev–Trinajstić information content (AvgIpc) is 3.39. The number of fused-ring (bicyclic) bond motifs is 2. The zero-order valence-electron chi connectivity index (χ0n) is 14.9. The molecule has 5 rings (SSSR count). The quantitative estimate of drug-likeness (QED) is 0.909. The van der Waals surface area contributed by atoms with Crippen molar-refractivity contribution in [2.24, 2.45) is 5.92 Å². The van der Waals surface area contributed by atoms with Gasteiger partial charge in [-0.05, 0) is 54.7 Å². The smallest absolute Gasteiger partial charge is 0.231 e. The Bertz CT molecular complexity index is 940. The molecule has 0 bridgehead atoms. The molecule has 0 unspecified atom stereocenters. The average molecular weight is 364 g/mol. The normalized spacial score (nSPS) is 20.1. The Morgan fingerprint density at radius 1 is 1.04 bits per heavy atom. The molecule has 0 spiro atoms. The number of hydrogen-bond donors (Lipinski definition) is 1. The molecule has 27 heavy (non-hydrogen) atoms. The maximum atomic E-state index is 12.7. The maximum absolute atomic E-state index is 12.7. The summed E-state index contributed by atoms with van der Waals surface area (Å²) >= 11 is 0. The van der Waals surface area contributed by atoms with Gasteiger partial charge in [-0.1, -0.05) is 6.07 Å². The Morgan fingerprint density at radius 2 is 1.89 bits per heavy atom. The lowest BCUT2D eigenvalue weighted by atomic mass is 10.1. The number of anilines is 2. The number of carbonyl (C=O) groups excluding carboxylic acids is 2. The van der Waals surface area contributed by atoms with E-state index in [1.54, 1.807) is 23.1 Å². The first kappa shape index (κ1) is 16.2. The van der Waals surface area contributed by atoms with Crippen molar-refractivity contribution in [3.8, 4) is 11.5 Å². The summed E-state index contributed by atoms with van der Waals surface area (Å²) in [6.45, 7) is 0.605. The van der Waals surface area contributed by atoms with Gasteiger partial charge in [-0.25, -0.2) is 0 Å². The molecule has 1 atom stereocenters. The highest BCUT2D eigenvalue weighted by molar-refractivity contribution is 6.03. The van der Waals surface area contributed by atoms with Crippen LogP contribution in [0, 0.1) is 5.92 Å². The van der Waals surface area contributed by atoms with Crippen molar-refractivity contribution in [3.05, 3.63) is 47.5 Å². The molecule has 2 heterocycles. The van der Waals surface area contributed by atoms with E-state index in [1.807, 2.05) is 6.07 Å². The van der Waals surface area contributed by atoms with Crippen LogP contribution in [0.4, 0.5) is 11.4 Å². The van der Waals surface area contributed by atoms with Crippen molar-refractivity contribution in [1.82, 2.24) is 0 Å². The molecular weight excluding hydrogens is 344 g/mol. The van der Waals surface area contributed by atoms with Crippen molar-refractivity contribution in [2.45, 2.75) is 25.7 Å². The van der Waals surface area contributed by atoms with Crippen LogP contribution in [0.2, 0.25) is 0 Å². The van der Waals surface area contributed by atoms with Crippen LogP contribution in [0.25, 0.3) is 0 Å². The number of aryl methyl sites for hydroxylation is 2. The molecule has 0 radical (unpaired) electrons. The topological polar surface area (TPSA) is 67.9 Å². The third kappa shape index (κ3) is 2.91. The van der Waals surface area contributed by atoms with Gasteiger partial charge in [0.25, 0.3) is 0 Å². The number of benzene rings is 2. The number of rotatable bonds is 3. The number of nitrogens with one attached hydrogen (secondary N) is 1. The summed E-state index contributed by atoms with van der Waals surface area (Å²) in [5, 5.41) is 2.89. The van der Waals surface area contributed by atoms with Crippen LogP contribution in [0.3, 0.4) is 0 Å². The number of nitrogens with zero attached hydrogens (tertiary/aromatic N) is 1. The predicted octanol–water partition coefficient (Wildman–Crippen LogP) is 2.90. The van der Waals surface area contributed by atoms with Crippen molar-refractivity contribution >= 4 is 23.2 Å². The van der Waals surface area contributed by atoms with Crippen LogP contribution in [0.1, 0.15) is 24.0 Å². The first-order valence-corrected chi connectivity index (χ1v) is 9.30. The minimum absolute atomic E-state index is 0.00113. The highest BCUT2D eigenvalue weighted by Crippen LogP contribution is 2.35. The molecule has 6 nitrogen and oxygen atoms in total. The molecule has 2 aromatic rings. The van der Waals surface area contributed by atoms with Crippen LogP contribution >= 0.6 is 0 Å². The Balaban J connectivity index is 1.29. The van der Waals surface area contributed by atoms with E-state index in [0.29, 0.717) is 23.7 Å². The molecule has 2 amide bonds. The van der Waals surface area contributed by atoms with Gasteiger partial charge in [-0.15, -0.1) is 0 Å². The molecule has 2 aromatic carbocycles. The van der Waals surface area contributed by atoms with Crippen molar-refractivity contribution in [2.75, 3.05) is 23.6 Å². The fraction of sp³-hybridized carbons (Fsp3) is 0.333.